The predicted octanol–water partition coefficient (Wildman–Crippen LogP) is 3.91. The first-order valence-electron chi connectivity index (χ1n) is 8.71. The second kappa shape index (κ2) is 6.36. The van der Waals surface area contributed by atoms with Crippen LogP contribution in [0.25, 0.3) is 0 Å². The molecule has 0 aromatic rings. The van der Waals surface area contributed by atoms with E-state index >= 15 is 0 Å². The van der Waals surface area contributed by atoms with Crippen LogP contribution in [0.5, 0.6) is 0 Å². The largest absolute Gasteiger partial charge is 0.317 e. The Kier molecular flexibility index (Phi) is 5.18. The minimum atomic E-state index is 0.545. The maximum atomic E-state index is 3.59. The molecule has 1 saturated carbocycles. The molecule has 0 aromatic carbocycles. The van der Waals surface area contributed by atoms with Crippen molar-refractivity contribution in [2.45, 2.75) is 72.3 Å². The maximum absolute atomic E-state index is 3.59. The van der Waals surface area contributed by atoms with Crippen molar-refractivity contribution in [2.24, 2.45) is 16.7 Å². The summed E-state index contributed by atoms with van der Waals surface area (Å²) in [6.07, 6.45) is 8.27. The maximum Gasteiger partial charge on any atom is 0.0105 e. The fourth-order valence-corrected chi connectivity index (χ4v) is 4.30. The van der Waals surface area contributed by atoms with Gasteiger partial charge in [0.1, 0.15) is 0 Å². The first kappa shape index (κ1) is 16.3. The van der Waals surface area contributed by atoms with Crippen molar-refractivity contribution in [3.63, 3.8) is 0 Å². The zero-order valence-electron chi connectivity index (χ0n) is 14.5. The van der Waals surface area contributed by atoms with Crippen LogP contribution in [-0.4, -0.2) is 37.6 Å². The van der Waals surface area contributed by atoms with E-state index in [1.165, 1.54) is 58.2 Å². The van der Waals surface area contributed by atoms with E-state index in [0.717, 1.165) is 12.0 Å². The highest BCUT2D eigenvalue weighted by Crippen LogP contribution is 2.39. The van der Waals surface area contributed by atoms with E-state index in [1.807, 2.05) is 0 Å². The molecular weight excluding hydrogens is 244 g/mol. The fourth-order valence-electron chi connectivity index (χ4n) is 4.30. The zero-order valence-corrected chi connectivity index (χ0v) is 14.5. The summed E-state index contributed by atoms with van der Waals surface area (Å²) in [7, 11) is 2.15. The van der Waals surface area contributed by atoms with Crippen molar-refractivity contribution in [1.29, 1.82) is 0 Å². The summed E-state index contributed by atoms with van der Waals surface area (Å²) in [4.78, 5) is 2.76. The van der Waals surface area contributed by atoms with E-state index in [-0.39, 0.29) is 0 Å². The topological polar surface area (TPSA) is 15.3 Å². The van der Waals surface area contributed by atoms with E-state index in [9.17, 15) is 0 Å². The molecule has 1 heterocycles. The van der Waals surface area contributed by atoms with Crippen LogP contribution in [0.1, 0.15) is 66.2 Å². The number of likely N-dealkylation sites (tertiary alicyclic amines) is 1. The van der Waals surface area contributed by atoms with Crippen LogP contribution in [0.15, 0.2) is 0 Å². The van der Waals surface area contributed by atoms with E-state index in [1.54, 1.807) is 0 Å². The molecule has 0 bridgehead atoms. The molecule has 2 nitrogen and oxygen atoms in total. The molecule has 20 heavy (non-hydrogen) atoms. The van der Waals surface area contributed by atoms with Gasteiger partial charge in [0.15, 0.2) is 0 Å². The van der Waals surface area contributed by atoms with E-state index in [2.05, 4.69) is 45.0 Å². The van der Waals surface area contributed by atoms with Crippen LogP contribution in [0.3, 0.4) is 0 Å². The number of rotatable bonds is 3. The van der Waals surface area contributed by atoms with Crippen LogP contribution in [0.2, 0.25) is 0 Å². The lowest BCUT2D eigenvalue weighted by molar-refractivity contribution is 0.103. The molecule has 2 atom stereocenters. The van der Waals surface area contributed by atoms with Gasteiger partial charge in [-0.15, -0.1) is 0 Å². The molecular formula is C18H36N2. The Morgan fingerprint density at radius 3 is 2.45 bits per heavy atom. The van der Waals surface area contributed by atoms with Gasteiger partial charge in [0, 0.05) is 12.6 Å². The van der Waals surface area contributed by atoms with Gasteiger partial charge in [-0.05, 0) is 75.4 Å². The van der Waals surface area contributed by atoms with Crippen molar-refractivity contribution in [3.8, 4) is 0 Å². The molecule has 118 valence electrons. The number of hydrogen-bond acceptors (Lipinski definition) is 2. The van der Waals surface area contributed by atoms with Gasteiger partial charge in [0.05, 0.1) is 0 Å². The van der Waals surface area contributed by atoms with Crippen LogP contribution >= 0.6 is 0 Å². The van der Waals surface area contributed by atoms with Gasteiger partial charge in [-0.3, -0.25) is 0 Å². The second-order valence-corrected chi connectivity index (χ2v) is 8.88. The summed E-state index contributed by atoms with van der Waals surface area (Å²) < 4.78 is 0. The SMILES string of the molecule is CNC1CCC(C)(C)CC1CN1CCCC(C)(C)CC1. The van der Waals surface area contributed by atoms with Gasteiger partial charge in [-0.25, -0.2) is 0 Å². The molecule has 1 saturated heterocycles. The first-order valence-corrected chi connectivity index (χ1v) is 8.71. The van der Waals surface area contributed by atoms with Crippen molar-refractivity contribution in [2.75, 3.05) is 26.7 Å². The van der Waals surface area contributed by atoms with Crippen molar-refractivity contribution >= 4 is 0 Å². The van der Waals surface area contributed by atoms with Gasteiger partial charge in [-0.1, -0.05) is 27.7 Å². The zero-order chi connectivity index (χ0) is 14.8. The van der Waals surface area contributed by atoms with Gasteiger partial charge in [-0.2, -0.15) is 0 Å². The smallest absolute Gasteiger partial charge is 0.0105 e. The summed E-state index contributed by atoms with van der Waals surface area (Å²) in [5.74, 6) is 0.838. The first-order chi connectivity index (χ1) is 9.31. The van der Waals surface area contributed by atoms with Gasteiger partial charge in [0.25, 0.3) is 0 Å². The highest BCUT2D eigenvalue weighted by Gasteiger charge is 2.35. The molecule has 2 aliphatic rings. The third-order valence-corrected chi connectivity index (χ3v) is 5.81. The van der Waals surface area contributed by atoms with Crippen LogP contribution in [0.4, 0.5) is 0 Å². The molecule has 2 fully saturated rings. The fraction of sp³-hybridized carbons (Fsp3) is 1.00. The molecule has 1 aliphatic heterocycles. The molecule has 2 unspecified atom stereocenters. The Morgan fingerprint density at radius 1 is 1.00 bits per heavy atom. The monoisotopic (exact) mass is 280 g/mol. The molecule has 2 heteroatoms. The predicted molar refractivity (Wildman–Crippen MR) is 88.0 cm³/mol. The van der Waals surface area contributed by atoms with Crippen molar-refractivity contribution in [1.82, 2.24) is 10.2 Å². The average molecular weight is 280 g/mol. The molecule has 0 radical (unpaired) electrons. The van der Waals surface area contributed by atoms with Crippen molar-refractivity contribution in [3.05, 3.63) is 0 Å². The summed E-state index contributed by atoms with van der Waals surface area (Å²) in [6.45, 7) is 13.7. The number of nitrogens with one attached hydrogen (secondary N) is 1. The Morgan fingerprint density at radius 2 is 1.75 bits per heavy atom. The van der Waals surface area contributed by atoms with Gasteiger partial charge >= 0.3 is 0 Å². The lowest BCUT2D eigenvalue weighted by Crippen LogP contribution is -2.46. The molecule has 0 spiro atoms. The third-order valence-electron chi connectivity index (χ3n) is 5.81. The third kappa shape index (κ3) is 4.46. The van der Waals surface area contributed by atoms with E-state index in [0.29, 0.717) is 10.8 Å². The Labute approximate surface area is 126 Å². The highest BCUT2D eigenvalue weighted by atomic mass is 15.1. The summed E-state index contributed by atoms with van der Waals surface area (Å²) in [5.41, 5.74) is 1.10. The number of nitrogens with zero attached hydrogens (tertiary/aromatic N) is 1. The highest BCUT2D eigenvalue weighted by molar-refractivity contribution is 4.90. The van der Waals surface area contributed by atoms with E-state index < -0.39 is 0 Å². The van der Waals surface area contributed by atoms with Crippen LogP contribution in [0, 0.1) is 16.7 Å². The van der Waals surface area contributed by atoms with Gasteiger partial charge in [0.2, 0.25) is 0 Å². The van der Waals surface area contributed by atoms with Gasteiger partial charge < -0.3 is 10.2 Å². The van der Waals surface area contributed by atoms with Crippen LogP contribution in [-0.2, 0) is 0 Å². The molecule has 1 N–H and O–H groups in total. The van der Waals surface area contributed by atoms with Crippen LogP contribution < -0.4 is 5.32 Å². The molecule has 0 amide bonds. The summed E-state index contributed by atoms with van der Waals surface area (Å²) in [6, 6.07) is 0.735. The molecule has 0 aromatic heterocycles. The minimum Gasteiger partial charge on any atom is -0.317 e. The summed E-state index contributed by atoms with van der Waals surface area (Å²) >= 11 is 0. The number of hydrogen-bond donors (Lipinski definition) is 1. The second-order valence-electron chi connectivity index (χ2n) is 8.88. The summed E-state index contributed by atoms with van der Waals surface area (Å²) in [5, 5.41) is 3.59. The van der Waals surface area contributed by atoms with Crippen molar-refractivity contribution < 1.29 is 0 Å². The lowest BCUT2D eigenvalue weighted by atomic mass is 9.69. The quantitative estimate of drug-likeness (QED) is 0.843. The Hall–Kier alpha value is -0.0800. The normalized spacial score (nSPS) is 34.6. The minimum absolute atomic E-state index is 0.545. The molecule has 1 aliphatic carbocycles. The lowest BCUT2D eigenvalue weighted by Gasteiger charge is -2.42. The Bertz CT molecular complexity index is 309. The Balaban J connectivity index is 1.93. The average Bonchev–Trinajstić information content (AvgIpc) is 2.50. The standard InChI is InChI=1S/C18H36N2/c1-17(2)8-6-11-20(12-10-17)14-15-13-18(3,4)9-7-16(15)19-5/h15-16,19H,6-14H2,1-5H3. The van der Waals surface area contributed by atoms with E-state index in [4.69, 9.17) is 0 Å². The molecule has 2 rings (SSSR count).